The Kier molecular flexibility index (Phi) is 7.11. The smallest absolute Gasteiger partial charge is 0.299 e. The molecule has 0 saturated heterocycles. The Morgan fingerprint density at radius 2 is 1.85 bits per heavy atom. The number of amides is 1. The molecule has 0 bridgehead atoms. The molecule has 0 fully saturated rings. The van der Waals surface area contributed by atoms with E-state index in [4.69, 9.17) is 0 Å². The van der Waals surface area contributed by atoms with Crippen molar-refractivity contribution in [3.63, 3.8) is 0 Å². The summed E-state index contributed by atoms with van der Waals surface area (Å²) in [6.07, 6.45) is -2.32. The standard InChI is InChI=1S/C23H18F3N5O3/c1-2-29-14-17(12-27)21(33)30(22(29)34)15-20(32)31(28-13-16-7-4-3-5-8-16)19-10-6-9-18(11-19)23(24,25)26/h3-11,13-14H,2,15H2,1H3/b28-13+. The highest BCUT2D eigenvalue weighted by molar-refractivity contribution is 5.95. The average Bonchev–Trinajstić information content (AvgIpc) is 2.82. The Balaban J connectivity index is 2.08. The van der Waals surface area contributed by atoms with Gasteiger partial charge in [-0.2, -0.15) is 28.5 Å². The minimum Gasteiger partial charge on any atom is -0.299 e. The first-order chi connectivity index (χ1) is 16.2. The quantitative estimate of drug-likeness (QED) is 0.409. The van der Waals surface area contributed by atoms with Crippen molar-refractivity contribution < 1.29 is 18.0 Å². The Morgan fingerprint density at radius 1 is 1.15 bits per heavy atom. The lowest BCUT2D eigenvalue weighted by Gasteiger charge is -2.19. The minimum absolute atomic E-state index is 0.130. The molecule has 1 amide bonds. The van der Waals surface area contributed by atoms with E-state index in [2.05, 4.69) is 5.10 Å². The second-order valence-corrected chi connectivity index (χ2v) is 7.02. The normalized spacial score (nSPS) is 11.4. The van der Waals surface area contributed by atoms with Crippen LogP contribution in [0.3, 0.4) is 0 Å². The monoisotopic (exact) mass is 469 g/mol. The van der Waals surface area contributed by atoms with Crippen molar-refractivity contribution in [2.75, 3.05) is 5.01 Å². The van der Waals surface area contributed by atoms with Gasteiger partial charge in [0, 0.05) is 12.7 Å². The van der Waals surface area contributed by atoms with Gasteiger partial charge < -0.3 is 0 Å². The van der Waals surface area contributed by atoms with Crippen LogP contribution in [0, 0.1) is 11.3 Å². The van der Waals surface area contributed by atoms with E-state index >= 15 is 0 Å². The van der Waals surface area contributed by atoms with Crippen molar-refractivity contribution in [3.05, 3.63) is 98.3 Å². The molecule has 3 rings (SSSR count). The highest BCUT2D eigenvalue weighted by Gasteiger charge is 2.31. The third kappa shape index (κ3) is 5.29. The number of hydrogen-bond donors (Lipinski definition) is 0. The van der Waals surface area contributed by atoms with E-state index in [9.17, 15) is 32.8 Å². The van der Waals surface area contributed by atoms with Crippen LogP contribution in [0.4, 0.5) is 18.9 Å². The predicted octanol–water partition coefficient (Wildman–Crippen LogP) is 2.99. The van der Waals surface area contributed by atoms with Crippen molar-refractivity contribution in [2.45, 2.75) is 26.2 Å². The second kappa shape index (κ2) is 9.99. The van der Waals surface area contributed by atoms with E-state index in [1.54, 1.807) is 43.3 Å². The fourth-order valence-corrected chi connectivity index (χ4v) is 3.05. The average molecular weight is 469 g/mol. The zero-order valence-corrected chi connectivity index (χ0v) is 17.9. The van der Waals surface area contributed by atoms with Gasteiger partial charge in [0.2, 0.25) is 0 Å². The van der Waals surface area contributed by atoms with Crippen LogP contribution < -0.4 is 16.3 Å². The lowest BCUT2D eigenvalue weighted by atomic mass is 10.2. The lowest BCUT2D eigenvalue weighted by Crippen LogP contribution is -2.44. The first-order valence-corrected chi connectivity index (χ1v) is 9.99. The number of aryl methyl sites for hydroxylation is 1. The molecular weight excluding hydrogens is 451 g/mol. The van der Waals surface area contributed by atoms with Crippen molar-refractivity contribution >= 4 is 17.8 Å². The van der Waals surface area contributed by atoms with E-state index in [0.29, 0.717) is 15.1 Å². The molecule has 3 aromatic rings. The van der Waals surface area contributed by atoms with Gasteiger partial charge in [-0.3, -0.25) is 14.2 Å². The van der Waals surface area contributed by atoms with Gasteiger partial charge >= 0.3 is 11.9 Å². The summed E-state index contributed by atoms with van der Waals surface area (Å²) in [5, 5.41) is 13.9. The molecule has 0 aliphatic rings. The number of halogens is 3. The van der Waals surface area contributed by atoms with Crippen LogP contribution >= 0.6 is 0 Å². The molecule has 0 unspecified atom stereocenters. The third-order valence-electron chi connectivity index (χ3n) is 4.77. The molecule has 1 heterocycles. The van der Waals surface area contributed by atoms with Gasteiger partial charge in [-0.15, -0.1) is 0 Å². The van der Waals surface area contributed by atoms with Crippen molar-refractivity contribution in [2.24, 2.45) is 5.10 Å². The van der Waals surface area contributed by atoms with E-state index in [0.717, 1.165) is 29.0 Å². The van der Waals surface area contributed by atoms with Crippen molar-refractivity contribution in [1.82, 2.24) is 9.13 Å². The van der Waals surface area contributed by atoms with Gasteiger partial charge in [0.05, 0.1) is 17.5 Å². The molecule has 0 aliphatic carbocycles. The number of carbonyl (C=O) groups excluding carboxylic acids is 1. The van der Waals surface area contributed by atoms with E-state index < -0.39 is 35.4 Å². The SMILES string of the molecule is CCn1cc(C#N)c(=O)n(CC(=O)N(/N=C/c2ccccc2)c2cccc(C(F)(F)F)c2)c1=O. The first kappa shape index (κ1) is 24.2. The zero-order chi connectivity index (χ0) is 24.9. The number of alkyl halides is 3. The predicted molar refractivity (Wildman–Crippen MR) is 118 cm³/mol. The van der Waals surface area contributed by atoms with E-state index in [1.165, 1.54) is 12.3 Å². The van der Waals surface area contributed by atoms with Crippen LogP contribution in [0.25, 0.3) is 0 Å². The molecule has 34 heavy (non-hydrogen) atoms. The van der Waals surface area contributed by atoms with Crippen LogP contribution in [0.1, 0.15) is 23.6 Å². The van der Waals surface area contributed by atoms with E-state index in [1.807, 2.05) is 0 Å². The van der Waals surface area contributed by atoms with Crippen LogP contribution in [0.2, 0.25) is 0 Å². The Labute approximate surface area is 191 Å². The molecule has 1 aromatic heterocycles. The third-order valence-corrected chi connectivity index (χ3v) is 4.77. The zero-order valence-electron chi connectivity index (χ0n) is 17.9. The van der Waals surface area contributed by atoms with Gasteiger partial charge in [-0.1, -0.05) is 36.4 Å². The number of aromatic nitrogens is 2. The number of benzene rings is 2. The van der Waals surface area contributed by atoms with Gasteiger partial charge in [0.15, 0.2) is 0 Å². The minimum atomic E-state index is -4.67. The number of rotatable bonds is 6. The second-order valence-electron chi connectivity index (χ2n) is 7.02. The summed E-state index contributed by atoms with van der Waals surface area (Å²) in [6.45, 7) is 0.902. The van der Waals surface area contributed by atoms with Gasteiger partial charge in [0.1, 0.15) is 18.2 Å². The van der Waals surface area contributed by atoms with Gasteiger partial charge in [-0.05, 0) is 30.7 Å². The Hall–Kier alpha value is -4.46. The molecule has 0 radical (unpaired) electrons. The number of hydrogen-bond acceptors (Lipinski definition) is 5. The molecule has 2 aromatic carbocycles. The first-order valence-electron chi connectivity index (χ1n) is 9.99. The maximum atomic E-state index is 13.2. The molecule has 0 aliphatic heterocycles. The molecule has 0 N–H and O–H groups in total. The topological polar surface area (TPSA) is 100 Å². The molecule has 0 atom stereocenters. The lowest BCUT2D eigenvalue weighted by molar-refractivity contribution is -0.137. The van der Waals surface area contributed by atoms with Crippen LogP contribution in [0.5, 0.6) is 0 Å². The summed E-state index contributed by atoms with van der Waals surface area (Å²) in [7, 11) is 0. The largest absolute Gasteiger partial charge is 0.416 e. The van der Waals surface area contributed by atoms with Crippen molar-refractivity contribution in [1.29, 1.82) is 5.26 Å². The number of nitriles is 1. The number of anilines is 1. The fourth-order valence-electron chi connectivity index (χ4n) is 3.05. The number of hydrazone groups is 1. The number of nitrogens with zero attached hydrogens (tertiary/aromatic N) is 5. The maximum Gasteiger partial charge on any atom is 0.416 e. The van der Waals surface area contributed by atoms with Crippen molar-refractivity contribution in [3.8, 4) is 6.07 Å². The van der Waals surface area contributed by atoms with Crippen LogP contribution in [-0.4, -0.2) is 21.3 Å². The summed E-state index contributed by atoms with van der Waals surface area (Å²) in [5.74, 6) is -0.955. The van der Waals surface area contributed by atoms with Crippen LogP contribution in [0.15, 0.2) is 75.5 Å². The molecular formula is C23H18F3N5O3. The molecule has 0 saturated carbocycles. The molecule has 8 nitrogen and oxygen atoms in total. The summed E-state index contributed by atoms with van der Waals surface area (Å²) >= 11 is 0. The Bertz CT molecular complexity index is 1390. The Morgan fingerprint density at radius 3 is 2.47 bits per heavy atom. The fraction of sp³-hybridized carbons (Fsp3) is 0.174. The summed E-state index contributed by atoms with van der Waals surface area (Å²) in [5.41, 5.74) is -2.84. The maximum absolute atomic E-state index is 13.2. The summed E-state index contributed by atoms with van der Waals surface area (Å²) in [4.78, 5) is 38.3. The highest BCUT2D eigenvalue weighted by atomic mass is 19.4. The summed E-state index contributed by atoms with van der Waals surface area (Å²) in [6, 6.07) is 14.1. The molecule has 11 heteroatoms. The molecule has 0 spiro atoms. The highest BCUT2D eigenvalue weighted by Crippen LogP contribution is 2.31. The van der Waals surface area contributed by atoms with Gasteiger partial charge in [0.25, 0.3) is 11.5 Å². The number of carbonyl (C=O) groups is 1. The van der Waals surface area contributed by atoms with Gasteiger partial charge in [-0.25, -0.2) is 9.36 Å². The van der Waals surface area contributed by atoms with E-state index in [-0.39, 0.29) is 17.8 Å². The van der Waals surface area contributed by atoms with Crippen LogP contribution in [-0.2, 0) is 24.1 Å². The molecule has 174 valence electrons. The summed E-state index contributed by atoms with van der Waals surface area (Å²) < 4.78 is 41.4.